The van der Waals surface area contributed by atoms with Crippen molar-refractivity contribution in [3.05, 3.63) is 18.2 Å². The Labute approximate surface area is 110 Å². The normalized spacial score (nSPS) is 19.2. The van der Waals surface area contributed by atoms with Crippen LogP contribution in [0, 0.1) is 0 Å². The summed E-state index contributed by atoms with van der Waals surface area (Å²) in [6.45, 7) is 1.04. The number of aromatic amines is 1. The fraction of sp³-hybridized carbons (Fsp3) is 0.545. The van der Waals surface area contributed by atoms with E-state index >= 15 is 0 Å². The molecule has 1 aliphatic heterocycles. The highest BCUT2D eigenvalue weighted by atomic mass is 16.5. The number of carboxylic acids is 1. The molecule has 2 amide bonds. The summed E-state index contributed by atoms with van der Waals surface area (Å²) in [5.41, 5.74) is 0. The minimum atomic E-state index is -1.05. The summed E-state index contributed by atoms with van der Waals surface area (Å²) >= 11 is 0. The van der Waals surface area contributed by atoms with Gasteiger partial charge in [0, 0.05) is 26.0 Å². The number of morpholine rings is 1. The first-order valence-corrected chi connectivity index (χ1v) is 5.90. The highest BCUT2D eigenvalue weighted by Gasteiger charge is 2.30. The summed E-state index contributed by atoms with van der Waals surface area (Å²) < 4.78 is 5.07. The average molecular weight is 268 g/mol. The zero-order chi connectivity index (χ0) is 13.8. The molecular weight excluding hydrogens is 252 g/mol. The van der Waals surface area contributed by atoms with Crippen molar-refractivity contribution in [3.8, 4) is 0 Å². The Morgan fingerprint density at radius 1 is 1.68 bits per heavy atom. The summed E-state index contributed by atoms with van der Waals surface area (Å²) in [5.74, 6) is -0.370. The van der Waals surface area contributed by atoms with E-state index in [9.17, 15) is 9.59 Å². The number of carboxylic acid groups (broad SMARTS) is 1. The summed E-state index contributed by atoms with van der Waals surface area (Å²) in [6, 6.07) is -0.231. The predicted molar refractivity (Wildman–Crippen MR) is 64.4 cm³/mol. The topological polar surface area (TPSA) is 98.8 Å². The maximum absolute atomic E-state index is 12.2. The van der Waals surface area contributed by atoms with Gasteiger partial charge in [-0.2, -0.15) is 0 Å². The number of nitrogens with zero attached hydrogens (tertiary/aromatic N) is 3. The first kappa shape index (κ1) is 13.3. The number of nitrogens with one attached hydrogen (secondary N) is 1. The molecule has 19 heavy (non-hydrogen) atoms. The minimum absolute atomic E-state index is 0.0661. The van der Waals surface area contributed by atoms with Crippen molar-refractivity contribution in [1.82, 2.24) is 19.8 Å². The maximum Gasteiger partial charge on any atom is 0.334 e. The molecule has 1 aliphatic rings. The second-order valence-electron chi connectivity index (χ2n) is 4.32. The molecule has 1 fully saturated rings. The maximum atomic E-state index is 12.2. The van der Waals surface area contributed by atoms with E-state index in [0.29, 0.717) is 18.9 Å². The summed E-state index contributed by atoms with van der Waals surface area (Å²) in [7, 11) is 1.65. The number of aliphatic carboxylic acids is 1. The molecule has 1 unspecified atom stereocenters. The molecule has 0 radical (unpaired) electrons. The van der Waals surface area contributed by atoms with Crippen LogP contribution in [0.15, 0.2) is 12.4 Å². The van der Waals surface area contributed by atoms with E-state index in [-0.39, 0.29) is 19.2 Å². The Balaban J connectivity index is 1.93. The van der Waals surface area contributed by atoms with Crippen LogP contribution in [-0.4, -0.2) is 69.7 Å². The van der Waals surface area contributed by atoms with Crippen molar-refractivity contribution >= 4 is 12.0 Å². The number of urea groups is 1. The quantitative estimate of drug-likeness (QED) is 0.787. The molecule has 0 spiro atoms. The molecule has 8 heteroatoms. The fourth-order valence-electron chi connectivity index (χ4n) is 1.89. The Hall–Kier alpha value is -2.09. The molecule has 1 saturated heterocycles. The number of H-pyrrole nitrogens is 1. The van der Waals surface area contributed by atoms with E-state index in [1.807, 2.05) is 0 Å². The van der Waals surface area contributed by atoms with Gasteiger partial charge < -0.3 is 24.6 Å². The Bertz CT molecular complexity index is 448. The van der Waals surface area contributed by atoms with Crippen molar-refractivity contribution < 1.29 is 19.4 Å². The summed E-state index contributed by atoms with van der Waals surface area (Å²) in [5, 5.41) is 8.89. The SMILES string of the molecule is CN(Cc1ncc[nH]1)C(=O)N1CCOC(C(=O)O)C1. The van der Waals surface area contributed by atoms with Gasteiger partial charge in [-0.25, -0.2) is 14.6 Å². The van der Waals surface area contributed by atoms with Gasteiger partial charge in [-0.3, -0.25) is 0 Å². The lowest BCUT2D eigenvalue weighted by atomic mass is 10.3. The molecule has 2 N–H and O–H groups in total. The minimum Gasteiger partial charge on any atom is -0.479 e. The van der Waals surface area contributed by atoms with Crippen LogP contribution in [0.25, 0.3) is 0 Å². The Morgan fingerprint density at radius 2 is 2.47 bits per heavy atom. The van der Waals surface area contributed by atoms with Gasteiger partial charge in [-0.1, -0.05) is 0 Å². The molecule has 0 saturated carbocycles. The lowest BCUT2D eigenvalue weighted by molar-refractivity contribution is -0.154. The van der Waals surface area contributed by atoms with Gasteiger partial charge in [0.25, 0.3) is 0 Å². The molecule has 1 atom stereocenters. The molecule has 0 aliphatic carbocycles. The number of amides is 2. The lowest BCUT2D eigenvalue weighted by Gasteiger charge is -2.33. The Morgan fingerprint density at radius 3 is 3.11 bits per heavy atom. The molecular formula is C11H16N4O4. The van der Waals surface area contributed by atoms with Gasteiger partial charge in [-0.15, -0.1) is 0 Å². The Kier molecular flexibility index (Phi) is 4.00. The van der Waals surface area contributed by atoms with E-state index in [1.165, 1.54) is 9.80 Å². The molecule has 0 bridgehead atoms. The number of hydrogen-bond donors (Lipinski definition) is 2. The van der Waals surface area contributed by atoms with Gasteiger partial charge in [0.05, 0.1) is 19.7 Å². The third-order valence-corrected chi connectivity index (χ3v) is 2.88. The van der Waals surface area contributed by atoms with Crippen LogP contribution in [0.3, 0.4) is 0 Å². The second kappa shape index (κ2) is 5.70. The molecule has 1 aromatic heterocycles. The zero-order valence-electron chi connectivity index (χ0n) is 10.6. The van der Waals surface area contributed by atoms with E-state index in [1.54, 1.807) is 19.4 Å². The molecule has 2 heterocycles. The molecule has 8 nitrogen and oxygen atoms in total. The second-order valence-corrected chi connectivity index (χ2v) is 4.32. The fourth-order valence-corrected chi connectivity index (χ4v) is 1.89. The largest absolute Gasteiger partial charge is 0.479 e. The number of aromatic nitrogens is 2. The summed E-state index contributed by atoms with van der Waals surface area (Å²) in [6.07, 6.45) is 2.35. The predicted octanol–water partition coefficient (Wildman–Crippen LogP) is -0.253. The average Bonchev–Trinajstić information content (AvgIpc) is 2.90. The van der Waals surface area contributed by atoms with Gasteiger partial charge in [0.2, 0.25) is 0 Å². The molecule has 1 aromatic rings. The molecule has 2 rings (SSSR count). The molecule has 0 aromatic carbocycles. The summed E-state index contributed by atoms with van der Waals surface area (Å²) in [4.78, 5) is 32.9. The number of carbonyl (C=O) groups excluding carboxylic acids is 1. The third kappa shape index (κ3) is 3.22. The van der Waals surface area contributed by atoms with Crippen molar-refractivity contribution in [2.45, 2.75) is 12.6 Å². The van der Waals surface area contributed by atoms with Gasteiger partial charge >= 0.3 is 12.0 Å². The number of hydrogen-bond acceptors (Lipinski definition) is 4. The van der Waals surface area contributed by atoms with Crippen molar-refractivity contribution in [2.75, 3.05) is 26.7 Å². The van der Waals surface area contributed by atoms with Gasteiger partial charge in [-0.05, 0) is 0 Å². The van der Waals surface area contributed by atoms with Gasteiger partial charge in [0.1, 0.15) is 5.82 Å². The third-order valence-electron chi connectivity index (χ3n) is 2.88. The van der Waals surface area contributed by atoms with Crippen LogP contribution in [0.2, 0.25) is 0 Å². The molecule has 104 valence electrons. The van der Waals surface area contributed by atoms with E-state index < -0.39 is 12.1 Å². The van der Waals surface area contributed by atoms with Crippen molar-refractivity contribution in [1.29, 1.82) is 0 Å². The van der Waals surface area contributed by atoms with Crippen LogP contribution < -0.4 is 0 Å². The van der Waals surface area contributed by atoms with Crippen molar-refractivity contribution in [2.24, 2.45) is 0 Å². The van der Waals surface area contributed by atoms with Gasteiger partial charge in [0.15, 0.2) is 6.10 Å². The van der Waals surface area contributed by atoms with Crippen LogP contribution >= 0.6 is 0 Å². The number of carbonyl (C=O) groups is 2. The highest BCUT2D eigenvalue weighted by molar-refractivity contribution is 5.77. The van der Waals surface area contributed by atoms with E-state index in [0.717, 1.165) is 0 Å². The first-order valence-electron chi connectivity index (χ1n) is 5.90. The monoisotopic (exact) mass is 268 g/mol. The van der Waals surface area contributed by atoms with Crippen molar-refractivity contribution in [3.63, 3.8) is 0 Å². The number of ether oxygens (including phenoxy) is 1. The highest BCUT2D eigenvalue weighted by Crippen LogP contribution is 2.09. The number of imidazole rings is 1. The van der Waals surface area contributed by atoms with E-state index in [2.05, 4.69) is 9.97 Å². The lowest BCUT2D eigenvalue weighted by Crippen LogP contribution is -2.52. The standard InChI is InChI=1S/C11H16N4O4/c1-14(7-9-12-2-3-13-9)11(18)15-4-5-19-8(6-15)10(16)17/h2-3,8H,4-7H2,1H3,(H,12,13)(H,16,17). The first-order chi connectivity index (χ1) is 9.08. The number of rotatable bonds is 3. The van der Waals surface area contributed by atoms with Crippen LogP contribution in [-0.2, 0) is 16.1 Å². The van der Waals surface area contributed by atoms with Crippen LogP contribution in [0.1, 0.15) is 5.82 Å². The van der Waals surface area contributed by atoms with E-state index in [4.69, 9.17) is 9.84 Å². The smallest absolute Gasteiger partial charge is 0.334 e. The zero-order valence-corrected chi connectivity index (χ0v) is 10.6. The van der Waals surface area contributed by atoms with Crippen LogP contribution in [0.5, 0.6) is 0 Å². The van der Waals surface area contributed by atoms with Crippen LogP contribution in [0.4, 0.5) is 4.79 Å².